The predicted octanol–water partition coefficient (Wildman–Crippen LogP) is 4.84. The Kier molecular flexibility index (Phi) is 5.74. The van der Waals surface area contributed by atoms with Crippen molar-refractivity contribution in [2.45, 2.75) is 11.8 Å². The first-order valence-corrected chi connectivity index (χ1v) is 11.0. The van der Waals surface area contributed by atoms with Crippen molar-refractivity contribution < 1.29 is 22.0 Å². The van der Waals surface area contributed by atoms with Crippen molar-refractivity contribution in [2.24, 2.45) is 0 Å². The summed E-state index contributed by atoms with van der Waals surface area (Å²) in [6, 6.07) is 16.2. The smallest absolute Gasteiger partial charge is 0.261 e. The summed E-state index contributed by atoms with van der Waals surface area (Å²) in [5, 5.41) is 2.78. The highest BCUT2D eigenvalue weighted by Gasteiger charge is 2.19. The first-order valence-electron chi connectivity index (χ1n) is 9.51. The zero-order valence-corrected chi connectivity index (χ0v) is 17.7. The number of halogens is 1. The van der Waals surface area contributed by atoms with Crippen molar-refractivity contribution in [3.8, 4) is 11.3 Å². The van der Waals surface area contributed by atoms with Crippen LogP contribution in [-0.2, 0) is 10.0 Å². The molecule has 3 aromatic carbocycles. The molecule has 0 radical (unpaired) electrons. The molecule has 0 atom stereocenters. The van der Waals surface area contributed by atoms with Gasteiger partial charge in [-0.05, 0) is 61.0 Å². The van der Waals surface area contributed by atoms with E-state index in [0.717, 1.165) is 17.7 Å². The summed E-state index contributed by atoms with van der Waals surface area (Å²) in [6.45, 7) is 1.71. The van der Waals surface area contributed by atoms with E-state index in [2.05, 4.69) is 15.0 Å². The number of hydrogen-bond acceptors (Lipinski definition) is 5. The zero-order chi connectivity index (χ0) is 22.7. The number of aryl methyl sites for hydroxylation is 1. The van der Waals surface area contributed by atoms with Gasteiger partial charge in [0.2, 0.25) is 0 Å². The van der Waals surface area contributed by atoms with Crippen LogP contribution in [-0.4, -0.2) is 19.3 Å². The lowest BCUT2D eigenvalue weighted by atomic mass is 10.1. The van der Waals surface area contributed by atoms with Crippen LogP contribution in [0.4, 0.5) is 15.8 Å². The standard InChI is InChI=1S/C23H18FN3O4S/c1-15-5-10-20(32(29,30)27-18-8-6-17(24)7-9-18)12-21(15)23(28)26-19-4-2-3-16(11-19)22-13-25-14-31-22/h2-14,27H,1H3,(H,26,28). The number of nitrogens with one attached hydrogen (secondary N) is 2. The second kappa shape index (κ2) is 8.64. The summed E-state index contributed by atoms with van der Waals surface area (Å²) < 4.78 is 46.2. The molecule has 0 aliphatic rings. The van der Waals surface area contributed by atoms with E-state index >= 15 is 0 Å². The van der Waals surface area contributed by atoms with E-state index < -0.39 is 21.7 Å². The van der Waals surface area contributed by atoms with E-state index in [1.807, 2.05) is 6.07 Å². The SMILES string of the molecule is Cc1ccc(S(=O)(=O)Nc2ccc(F)cc2)cc1C(=O)Nc1cccc(-c2cnco2)c1. The Bertz CT molecular complexity index is 1370. The third-order valence-corrected chi connectivity index (χ3v) is 6.08. The van der Waals surface area contributed by atoms with Crippen LogP contribution in [0.3, 0.4) is 0 Å². The van der Waals surface area contributed by atoms with E-state index in [0.29, 0.717) is 17.0 Å². The van der Waals surface area contributed by atoms with Crippen molar-refractivity contribution in [3.63, 3.8) is 0 Å². The quantitative estimate of drug-likeness (QED) is 0.437. The summed E-state index contributed by atoms with van der Waals surface area (Å²) in [5.41, 5.74) is 2.27. The maximum absolute atomic E-state index is 13.1. The first kappa shape index (κ1) is 21.3. The normalized spacial score (nSPS) is 11.2. The highest BCUT2D eigenvalue weighted by Crippen LogP contribution is 2.24. The molecule has 4 aromatic rings. The Morgan fingerprint density at radius 1 is 1.00 bits per heavy atom. The van der Waals surface area contributed by atoms with Gasteiger partial charge < -0.3 is 9.73 Å². The van der Waals surface area contributed by atoms with E-state index in [9.17, 15) is 17.6 Å². The number of hydrogen-bond donors (Lipinski definition) is 2. The number of carbonyl (C=O) groups excluding carboxylic acids is 1. The Balaban J connectivity index is 1.58. The molecule has 7 nitrogen and oxygen atoms in total. The molecule has 0 bridgehead atoms. The lowest BCUT2D eigenvalue weighted by Gasteiger charge is -2.12. The van der Waals surface area contributed by atoms with Crippen LogP contribution < -0.4 is 10.0 Å². The van der Waals surface area contributed by atoms with Gasteiger partial charge in [-0.25, -0.2) is 17.8 Å². The van der Waals surface area contributed by atoms with Crippen LogP contribution >= 0.6 is 0 Å². The van der Waals surface area contributed by atoms with Crippen LogP contribution in [0.5, 0.6) is 0 Å². The number of carbonyl (C=O) groups is 1. The molecule has 32 heavy (non-hydrogen) atoms. The minimum atomic E-state index is -3.98. The number of nitrogens with zero attached hydrogens (tertiary/aromatic N) is 1. The van der Waals surface area contributed by atoms with E-state index in [4.69, 9.17) is 4.42 Å². The fourth-order valence-electron chi connectivity index (χ4n) is 3.05. The van der Waals surface area contributed by atoms with Crippen LogP contribution in [0.1, 0.15) is 15.9 Å². The number of benzene rings is 3. The second-order valence-electron chi connectivity index (χ2n) is 6.99. The van der Waals surface area contributed by atoms with Crippen molar-refractivity contribution in [1.29, 1.82) is 0 Å². The second-order valence-corrected chi connectivity index (χ2v) is 8.67. The molecule has 0 aliphatic heterocycles. The summed E-state index contributed by atoms with van der Waals surface area (Å²) in [7, 11) is -3.98. The third-order valence-electron chi connectivity index (χ3n) is 4.70. The Labute approximate surface area is 184 Å². The molecule has 1 amide bonds. The fraction of sp³-hybridized carbons (Fsp3) is 0.0435. The average molecular weight is 451 g/mol. The number of aromatic nitrogens is 1. The van der Waals surface area contributed by atoms with Gasteiger partial charge in [-0.15, -0.1) is 0 Å². The highest BCUT2D eigenvalue weighted by atomic mass is 32.2. The minimum Gasteiger partial charge on any atom is -0.444 e. The molecule has 162 valence electrons. The monoisotopic (exact) mass is 451 g/mol. The van der Waals surface area contributed by atoms with Gasteiger partial charge in [0.05, 0.1) is 11.1 Å². The molecule has 0 unspecified atom stereocenters. The average Bonchev–Trinajstić information content (AvgIpc) is 3.30. The lowest BCUT2D eigenvalue weighted by Crippen LogP contribution is -2.17. The van der Waals surface area contributed by atoms with Crippen LogP contribution in [0.15, 0.2) is 88.6 Å². The van der Waals surface area contributed by atoms with Gasteiger partial charge in [-0.3, -0.25) is 9.52 Å². The van der Waals surface area contributed by atoms with E-state index in [1.165, 1.54) is 30.7 Å². The zero-order valence-electron chi connectivity index (χ0n) is 16.9. The topological polar surface area (TPSA) is 101 Å². The van der Waals surface area contributed by atoms with Gasteiger partial charge in [0.15, 0.2) is 12.2 Å². The van der Waals surface area contributed by atoms with Crippen LogP contribution in [0.25, 0.3) is 11.3 Å². The van der Waals surface area contributed by atoms with Gasteiger partial charge in [-0.1, -0.05) is 18.2 Å². The third kappa shape index (κ3) is 4.68. The number of amides is 1. The Morgan fingerprint density at radius 2 is 1.78 bits per heavy atom. The highest BCUT2D eigenvalue weighted by molar-refractivity contribution is 7.92. The lowest BCUT2D eigenvalue weighted by molar-refractivity contribution is 0.102. The number of rotatable bonds is 6. The Morgan fingerprint density at radius 3 is 2.50 bits per heavy atom. The largest absolute Gasteiger partial charge is 0.444 e. The molecule has 0 spiro atoms. The summed E-state index contributed by atoms with van der Waals surface area (Å²) in [4.78, 5) is 16.7. The molecule has 1 aromatic heterocycles. The number of anilines is 2. The van der Waals surface area contributed by atoms with Gasteiger partial charge in [0.25, 0.3) is 15.9 Å². The summed E-state index contributed by atoms with van der Waals surface area (Å²) in [6.07, 6.45) is 2.88. The molecule has 4 rings (SSSR count). The first-order chi connectivity index (χ1) is 15.3. The Hall–Kier alpha value is -3.98. The molecule has 9 heteroatoms. The molecular weight excluding hydrogens is 433 g/mol. The molecule has 2 N–H and O–H groups in total. The van der Waals surface area contributed by atoms with Crippen LogP contribution in [0, 0.1) is 12.7 Å². The maximum Gasteiger partial charge on any atom is 0.261 e. The fourth-order valence-corrected chi connectivity index (χ4v) is 4.14. The van der Waals surface area contributed by atoms with Crippen LogP contribution in [0.2, 0.25) is 0 Å². The van der Waals surface area contributed by atoms with E-state index in [-0.39, 0.29) is 16.1 Å². The molecule has 1 heterocycles. The van der Waals surface area contributed by atoms with Crippen molar-refractivity contribution in [3.05, 3.63) is 96.3 Å². The molecule has 0 aliphatic carbocycles. The predicted molar refractivity (Wildman–Crippen MR) is 118 cm³/mol. The molecule has 0 saturated heterocycles. The summed E-state index contributed by atoms with van der Waals surface area (Å²) >= 11 is 0. The minimum absolute atomic E-state index is 0.0898. The van der Waals surface area contributed by atoms with Gasteiger partial charge in [0.1, 0.15) is 5.82 Å². The van der Waals surface area contributed by atoms with Crippen molar-refractivity contribution in [1.82, 2.24) is 4.98 Å². The molecule has 0 fully saturated rings. The molecular formula is C23H18FN3O4S. The summed E-state index contributed by atoms with van der Waals surface area (Å²) in [5.74, 6) is -0.386. The molecule has 0 saturated carbocycles. The number of oxazole rings is 1. The van der Waals surface area contributed by atoms with Gasteiger partial charge >= 0.3 is 0 Å². The van der Waals surface area contributed by atoms with E-state index in [1.54, 1.807) is 37.4 Å². The van der Waals surface area contributed by atoms with Gasteiger partial charge in [-0.2, -0.15) is 0 Å². The van der Waals surface area contributed by atoms with Crippen molar-refractivity contribution >= 4 is 27.3 Å². The van der Waals surface area contributed by atoms with Gasteiger partial charge in [0, 0.05) is 22.5 Å². The maximum atomic E-state index is 13.1. The van der Waals surface area contributed by atoms with Crippen molar-refractivity contribution in [2.75, 3.05) is 10.0 Å². The number of sulfonamides is 1.